The number of piperidine rings is 2. The second-order valence-corrected chi connectivity index (χ2v) is 17.8. The molecular formula is C46H49ClFN9O10. The van der Waals surface area contributed by atoms with Crippen LogP contribution in [0, 0.1) is 23.1 Å². The minimum absolute atomic E-state index is 0.0101. The van der Waals surface area contributed by atoms with Crippen molar-refractivity contribution in [1.82, 2.24) is 30.2 Å². The van der Waals surface area contributed by atoms with Gasteiger partial charge in [-0.2, -0.15) is 5.26 Å². The summed E-state index contributed by atoms with van der Waals surface area (Å²) in [6.07, 6.45) is 2.58. The van der Waals surface area contributed by atoms with Gasteiger partial charge in [-0.25, -0.2) is 4.39 Å². The van der Waals surface area contributed by atoms with E-state index in [1.54, 1.807) is 24.3 Å². The molecule has 3 saturated heterocycles. The van der Waals surface area contributed by atoms with Crippen LogP contribution in [0.2, 0.25) is 5.02 Å². The summed E-state index contributed by atoms with van der Waals surface area (Å²) < 4.78 is 26.9. The molecule has 2 atom stereocenters. The van der Waals surface area contributed by atoms with E-state index in [2.05, 4.69) is 25.3 Å². The van der Waals surface area contributed by atoms with Crippen LogP contribution in [0.25, 0.3) is 0 Å². The normalized spacial score (nSPS) is 22.1. The highest BCUT2D eigenvalue weighted by Gasteiger charge is 2.48. The molecule has 352 valence electrons. The molecule has 1 aliphatic carbocycles. The van der Waals surface area contributed by atoms with E-state index in [9.17, 15) is 33.6 Å². The van der Waals surface area contributed by atoms with Gasteiger partial charge in [-0.05, 0) is 87.3 Å². The molecule has 21 heteroatoms. The van der Waals surface area contributed by atoms with Gasteiger partial charge in [-0.3, -0.25) is 43.5 Å². The number of nitrogens with one attached hydrogen (secondary N) is 1. The van der Waals surface area contributed by atoms with Gasteiger partial charge < -0.3 is 34.5 Å². The van der Waals surface area contributed by atoms with Crippen molar-refractivity contribution >= 4 is 64.9 Å². The predicted molar refractivity (Wildman–Crippen MR) is 236 cm³/mol. The Morgan fingerprint density at radius 1 is 0.910 bits per heavy atom. The highest BCUT2D eigenvalue weighted by Crippen LogP contribution is 2.35. The smallest absolute Gasteiger partial charge is 0.306 e. The van der Waals surface area contributed by atoms with Gasteiger partial charge in [0, 0.05) is 64.3 Å². The zero-order chi connectivity index (χ0) is 47.4. The SMILES string of the molecule is N#Cc1ccc(OC2CCC(NC(=O)c3ccc(N4CCC(CN5CCN(c6cc7c(cc6F)C(=O)N([C@@H]6CCC(=O)N(CO[C@@H](C=O)CC(=O)O)C6=O)C7=O)CC5)CC4)nn3)CC2)cc1Cl. The maximum Gasteiger partial charge on any atom is 0.306 e. The fraction of sp³-hybridized carbons (Fsp3) is 0.478. The molecule has 67 heavy (non-hydrogen) atoms. The van der Waals surface area contributed by atoms with Gasteiger partial charge in [0.15, 0.2) is 11.5 Å². The fourth-order valence-electron chi connectivity index (χ4n) is 9.41. The van der Waals surface area contributed by atoms with Crippen LogP contribution in [0.15, 0.2) is 42.5 Å². The summed E-state index contributed by atoms with van der Waals surface area (Å²) in [5.41, 5.74) is 0.569. The van der Waals surface area contributed by atoms with Crippen molar-refractivity contribution in [2.45, 2.75) is 82.1 Å². The zero-order valence-corrected chi connectivity index (χ0v) is 37.2. The number of carbonyl (C=O) groups excluding carboxylic acids is 6. The first kappa shape index (κ1) is 47.0. The van der Waals surface area contributed by atoms with Gasteiger partial charge in [-0.15, -0.1) is 10.2 Å². The molecule has 1 saturated carbocycles. The number of carboxylic acids is 1. The Morgan fingerprint density at radius 2 is 1.63 bits per heavy atom. The molecular weight excluding hydrogens is 893 g/mol. The molecule has 3 aromatic rings. The van der Waals surface area contributed by atoms with Gasteiger partial charge in [0.05, 0.1) is 39.9 Å². The van der Waals surface area contributed by atoms with Crippen LogP contribution in [0.3, 0.4) is 0 Å². The topological polar surface area (TPSA) is 236 Å². The molecule has 5 heterocycles. The number of aldehydes is 1. The quantitative estimate of drug-likeness (QED) is 0.164. The number of nitriles is 1. The lowest BCUT2D eigenvalue weighted by atomic mass is 9.93. The van der Waals surface area contributed by atoms with E-state index in [0.717, 1.165) is 69.1 Å². The van der Waals surface area contributed by atoms with E-state index in [0.29, 0.717) is 59.2 Å². The maximum absolute atomic E-state index is 15.7. The number of amides is 5. The third-order valence-electron chi connectivity index (χ3n) is 13.2. The van der Waals surface area contributed by atoms with Crippen LogP contribution in [-0.4, -0.2) is 149 Å². The Labute approximate surface area is 389 Å². The highest BCUT2D eigenvalue weighted by atomic mass is 35.5. The number of halogens is 2. The van der Waals surface area contributed by atoms with Crippen molar-refractivity contribution in [3.63, 3.8) is 0 Å². The lowest BCUT2D eigenvalue weighted by Gasteiger charge is -2.39. The van der Waals surface area contributed by atoms with Crippen molar-refractivity contribution in [2.24, 2.45) is 5.92 Å². The maximum atomic E-state index is 15.7. The van der Waals surface area contributed by atoms with Crippen LogP contribution in [-0.2, 0) is 23.9 Å². The molecule has 2 aromatic carbocycles. The number of carboxylic acid groups (broad SMARTS) is 1. The Hall–Kier alpha value is -6.56. The van der Waals surface area contributed by atoms with Gasteiger partial charge in [0.2, 0.25) is 5.91 Å². The van der Waals surface area contributed by atoms with E-state index >= 15 is 4.39 Å². The first-order valence-corrected chi connectivity index (χ1v) is 22.8. The van der Waals surface area contributed by atoms with Gasteiger partial charge >= 0.3 is 5.97 Å². The molecule has 1 aromatic heterocycles. The Morgan fingerprint density at radius 3 is 2.27 bits per heavy atom. The number of aromatic nitrogens is 2. The second-order valence-electron chi connectivity index (χ2n) is 17.4. The van der Waals surface area contributed by atoms with E-state index in [-0.39, 0.29) is 59.7 Å². The number of ether oxygens (including phenoxy) is 2. The number of hydrogen-bond donors (Lipinski definition) is 2. The number of likely N-dealkylation sites (tertiary alicyclic amines) is 1. The molecule has 8 rings (SSSR count). The van der Waals surface area contributed by atoms with Gasteiger partial charge in [0.1, 0.15) is 42.8 Å². The molecule has 4 fully saturated rings. The van der Waals surface area contributed by atoms with Gasteiger partial charge in [-0.1, -0.05) is 11.6 Å². The van der Waals surface area contributed by atoms with Gasteiger partial charge in [0.25, 0.3) is 23.6 Å². The van der Waals surface area contributed by atoms with E-state index in [1.165, 1.54) is 6.07 Å². The predicted octanol–water partition coefficient (Wildman–Crippen LogP) is 3.43. The van der Waals surface area contributed by atoms with E-state index in [4.69, 9.17) is 31.4 Å². The molecule has 4 aliphatic heterocycles. The fourth-order valence-corrected chi connectivity index (χ4v) is 9.62. The number of imide groups is 2. The van der Waals surface area contributed by atoms with Crippen molar-refractivity contribution < 1.29 is 52.5 Å². The van der Waals surface area contributed by atoms with Crippen molar-refractivity contribution in [2.75, 3.05) is 62.3 Å². The highest BCUT2D eigenvalue weighted by molar-refractivity contribution is 6.31. The number of fused-ring (bicyclic) bond motifs is 1. The number of nitrogens with zero attached hydrogens (tertiary/aromatic N) is 8. The van der Waals surface area contributed by atoms with Crippen LogP contribution in [0.4, 0.5) is 15.9 Å². The first-order valence-electron chi connectivity index (χ1n) is 22.4. The Bertz CT molecular complexity index is 2470. The molecule has 0 spiro atoms. The lowest BCUT2D eigenvalue weighted by molar-refractivity contribution is -0.162. The van der Waals surface area contributed by atoms with Crippen molar-refractivity contribution in [1.29, 1.82) is 5.26 Å². The zero-order valence-electron chi connectivity index (χ0n) is 36.5. The number of carbonyl (C=O) groups is 7. The molecule has 0 unspecified atom stereocenters. The molecule has 0 radical (unpaired) electrons. The van der Waals surface area contributed by atoms with Crippen LogP contribution in [0.1, 0.15) is 94.6 Å². The third kappa shape index (κ3) is 10.5. The number of anilines is 2. The lowest BCUT2D eigenvalue weighted by Crippen LogP contribution is -2.56. The summed E-state index contributed by atoms with van der Waals surface area (Å²) in [7, 11) is 0. The van der Waals surface area contributed by atoms with Crippen LogP contribution >= 0.6 is 11.6 Å². The first-order chi connectivity index (χ1) is 32.3. The number of hydrogen-bond acceptors (Lipinski definition) is 15. The van der Waals surface area contributed by atoms with Crippen LogP contribution in [0.5, 0.6) is 5.75 Å². The number of piperazine rings is 1. The minimum atomic E-state index is -1.43. The number of rotatable bonds is 15. The average molecular weight is 942 g/mol. The third-order valence-corrected chi connectivity index (χ3v) is 13.5. The van der Waals surface area contributed by atoms with Crippen LogP contribution < -0.4 is 19.9 Å². The standard InChI is InChI=1S/C46H49ClFN9O10/c47-35-19-31(4-1-28(35)23-49)67-30-5-2-29(3-6-30)50-43(62)37-7-9-40(52-51-37)55-13-11-27(12-14-55)24-53-15-17-54(18-16-53)39-22-34-33(21-36(39)48)44(63)57(45(34)64)38-8-10-41(59)56(46(38)65)26-66-32(25-58)20-42(60)61/h1,4,7,9,19,21-22,25,27,29-30,32,38H,2-3,5-6,8,10-18,20,24,26H2,(H,50,62)(H,60,61)/t29?,30?,32-,38-/m1/s1. The summed E-state index contributed by atoms with van der Waals surface area (Å²) in [6.45, 7) is 3.91. The minimum Gasteiger partial charge on any atom is -0.490 e. The molecule has 2 N–H and O–H groups in total. The Balaban J connectivity index is 0.771. The summed E-state index contributed by atoms with van der Waals surface area (Å²) in [4.78, 5) is 96.2. The molecule has 5 aliphatic rings. The average Bonchev–Trinajstić information content (AvgIpc) is 3.56. The number of aliphatic carboxylic acids is 1. The monoisotopic (exact) mass is 941 g/mol. The van der Waals surface area contributed by atoms with Crippen molar-refractivity contribution in [3.8, 4) is 11.8 Å². The molecule has 0 bridgehead atoms. The van der Waals surface area contributed by atoms with Crippen molar-refractivity contribution in [3.05, 3.63) is 75.7 Å². The van der Waals surface area contributed by atoms with E-state index in [1.807, 2.05) is 17.0 Å². The van der Waals surface area contributed by atoms with E-state index < -0.39 is 60.7 Å². The summed E-state index contributed by atoms with van der Waals surface area (Å²) >= 11 is 6.14. The Kier molecular flexibility index (Phi) is 14.4. The second kappa shape index (κ2) is 20.5. The summed E-state index contributed by atoms with van der Waals surface area (Å²) in [5.74, 6) is -3.81. The number of benzene rings is 2. The molecule has 5 amide bonds. The summed E-state index contributed by atoms with van der Waals surface area (Å²) in [5, 5.41) is 30.1. The molecule has 19 nitrogen and oxygen atoms in total. The summed E-state index contributed by atoms with van der Waals surface area (Å²) in [6, 6.07) is 11.6. The largest absolute Gasteiger partial charge is 0.490 e.